The van der Waals surface area contributed by atoms with E-state index < -0.39 is 0 Å². The van der Waals surface area contributed by atoms with Crippen LogP contribution >= 0.6 is 24.8 Å². The molecule has 0 bridgehead atoms. The second kappa shape index (κ2) is 9.94. The molecule has 0 radical (unpaired) electrons. The van der Waals surface area contributed by atoms with E-state index in [2.05, 4.69) is 4.98 Å². The Balaban J connectivity index is 0.00000180. The molecule has 0 saturated carbocycles. The summed E-state index contributed by atoms with van der Waals surface area (Å²) in [5.74, 6) is 0.155. The number of aromatic nitrogens is 1. The van der Waals surface area contributed by atoms with Gasteiger partial charge in [0.1, 0.15) is 0 Å². The Labute approximate surface area is 131 Å². The number of nitrogens with zero attached hydrogens (tertiary/aromatic N) is 2. The molecule has 2 heterocycles. The van der Waals surface area contributed by atoms with Crippen LogP contribution < -0.4 is 5.73 Å². The molecular formula is C13H21Cl2N3O2. The Kier molecular flexibility index (Phi) is 9.50. The predicted molar refractivity (Wildman–Crippen MR) is 82.4 cm³/mol. The molecular weight excluding hydrogens is 301 g/mol. The molecule has 2 N–H and O–H groups in total. The summed E-state index contributed by atoms with van der Waals surface area (Å²) < 4.78 is 5.44. The van der Waals surface area contributed by atoms with Gasteiger partial charge in [-0.05, 0) is 18.6 Å². The molecule has 0 aliphatic carbocycles. The van der Waals surface area contributed by atoms with Gasteiger partial charge in [0.15, 0.2) is 0 Å². The third-order valence-electron chi connectivity index (χ3n) is 3.08. The minimum Gasteiger partial charge on any atom is -0.373 e. The van der Waals surface area contributed by atoms with Crippen LogP contribution in [0.5, 0.6) is 0 Å². The van der Waals surface area contributed by atoms with Gasteiger partial charge in [-0.15, -0.1) is 24.8 Å². The number of carbonyl (C=O) groups is 1. The lowest BCUT2D eigenvalue weighted by Crippen LogP contribution is -2.48. The van der Waals surface area contributed by atoms with Crippen molar-refractivity contribution in [3.05, 3.63) is 30.1 Å². The largest absolute Gasteiger partial charge is 0.373 e. The number of aryl methyl sites for hydroxylation is 1. The van der Waals surface area contributed by atoms with Crippen LogP contribution in [0, 0.1) is 0 Å². The molecule has 20 heavy (non-hydrogen) atoms. The first-order chi connectivity index (χ1) is 8.79. The van der Waals surface area contributed by atoms with Gasteiger partial charge < -0.3 is 15.4 Å². The van der Waals surface area contributed by atoms with Gasteiger partial charge in [0, 0.05) is 37.9 Å². The highest BCUT2D eigenvalue weighted by Gasteiger charge is 2.22. The van der Waals surface area contributed by atoms with Crippen molar-refractivity contribution < 1.29 is 9.53 Å². The lowest BCUT2D eigenvalue weighted by molar-refractivity contribution is -0.138. The Morgan fingerprint density at radius 2 is 2.25 bits per heavy atom. The van der Waals surface area contributed by atoms with Crippen molar-refractivity contribution in [3.63, 3.8) is 0 Å². The lowest BCUT2D eigenvalue weighted by atomic mass is 10.2. The smallest absolute Gasteiger partial charge is 0.223 e. The quantitative estimate of drug-likeness (QED) is 0.899. The lowest BCUT2D eigenvalue weighted by Gasteiger charge is -2.32. The first kappa shape index (κ1) is 19.1. The zero-order valence-corrected chi connectivity index (χ0v) is 12.9. The highest BCUT2D eigenvalue weighted by atomic mass is 35.5. The Morgan fingerprint density at radius 3 is 2.90 bits per heavy atom. The van der Waals surface area contributed by atoms with Crippen LogP contribution in [0.15, 0.2) is 24.4 Å². The highest BCUT2D eigenvalue weighted by Crippen LogP contribution is 2.08. The van der Waals surface area contributed by atoms with Crippen molar-refractivity contribution in [1.82, 2.24) is 9.88 Å². The van der Waals surface area contributed by atoms with Crippen LogP contribution in [0.25, 0.3) is 0 Å². The number of pyridine rings is 1. The summed E-state index contributed by atoms with van der Waals surface area (Å²) >= 11 is 0. The third kappa shape index (κ3) is 5.63. The molecule has 1 aromatic rings. The number of rotatable bonds is 4. The molecule has 1 atom stereocenters. The van der Waals surface area contributed by atoms with Crippen LogP contribution in [0.1, 0.15) is 12.1 Å². The average molecular weight is 322 g/mol. The van der Waals surface area contributed by atoms with Crippen LogP contribution in [-0.2, 0) is 16.0 Å². The van der Waals surface area contributed by atoms with Crippen molar-refractivity contribution in [3.8, 4) is 0 Å². The summed E-state index contributed by atoms with van der Waals surface area (Å²) in [6, 6.07) is 5.75. The van der Waals surface area contributed by atoms with Gasteiger partial charge in [0.05, 0.1) is 12.7 Å². The van der Waals surface area contributed by atoms with Gasteiger partial charge in [-0.2, -0.15) is 0 Å². The van der Waals surface area contributed by atoms with Crippen molar-refractivity contribution in [1.29, 1.82) is 0 Å². The number of morpholine rings is 1. The van der Waals surface area contributed by atoms with Crippen molar-refractivity contribution in [2.24, 2.45) is 5.73 Å². The SMILES string of the molecule is Cl.Cl.NCC1CN(C(=O)CCc2ccccn2)CCO1. The topological polar surface area (TPSA) is 68.5 Å². The first-order valence-corrected chi connectivity index (χ1v) is 6.29. The zero-order valence-electron chi connectivity index (χ0n) is 11.2. The molecule has 114 valence electrons. The monoisotopic (exact) mass is 321 g/mol. The van der Waals surface area contributed by atoms with E-state index in [1.807, 2.05) is 23.1 Å². The van der Waals surface area contributed by atoms with E-state index in [0.717, 1.165) is 5.69 Å². The maximum absolute atomic E-state index is 12.0. The number of halogens is 2. The van der Waals surface area contributed by atoms with Gasteiger partial charge >= 0.3 is 0 Å². The maximum atomic E-state index is 12.0. The number of ether oxygens (including phenoxy) is 1. The second-order valence-electron chi connectivity index (χ2n) is 4.39. The number of hydrogen-bond acceptors (Lipinski definition) is 4. The molecule has 7 heteroatoms. The molecule has 1 aliphatic rings. The van der Waals surface area contributed by atoms with Crippen LogP contribution in [-0.4, -0.2) is 48.1 Å². The van der Waals surface area contributed by atoms with Crippen molar-refractivity contribution in [2.45, 2.75) is 18.9 Å². The van der Waals surface area contributed by atoms with E-state index in [1.54, 1.807) is 6.20 Å². The summed E-state index contributed by atoms with van der Waals surface area (Å²) in [5, 5.41) is 0. The fraction of sp³-hybridized carbons (Fsp3) is 0.538. The maximum Gasteiger partial charge on any atom is 0.223 e. The highest BCUT2D eigenvalue weighted by molar-refractivity contribution is 5.85. The van der Waals surface area contributed by atoms with E-state index >= 15 is 0 Å². The Hall–Kier alpha value is -0.880. The van der Waals surface area contributed by atoms with E-state index in [0.29, 0.717) is 39.1 Å². The molecule has 1 saturated heterocycles. The second-order valence-corrected chi connectivity index (χ2v) is 4.39. The van der Waals surface area contributed by atoms with Gasteiger partial charge in [-0.25, -0.2) is 0 Å². The molecule has 1 aromatic heterocycles. The van der Waals surface area contributed by atoms with Crippen molar-refractivity contribution in [2.75, 3.05) is 26.2 Å². The van der Waals surface area contributed by atoms with Crippen molar-refractivity contribution >= 4 is 30.7 Å². The average Bonchev–Trinajstić information content (AvgIpc) is 2.46. The minimum atomic E-state index is -0.0162. The first-order valence-electron chi connectivity index (χ1n) is 6.29. The van der Waals surface area contributed by atoms with E-state index in [-0.39, 0.29) is 36.8 Å². The minimum absolute atomic E-state index is 0. The molecule has 1 amide bonds. The van der Waals surface area contributed by atoms with Crippen LogP contribution in [0.3, 0.4) is 0 Å². The molecule has 0 aromatic carbocycles. The normalized spacial score (nSPS) is 17.9. The molecule has 1 unspecified atom stereocenters. The summed E-state index contributed by atoms with van der Waals surface area (Å²) in [7, 11) is 0. The Morgan fingerprint density at radius 1 is 1.45 bits per heavy atom. The summed E-state index contributed by atoms with van der Waals surface area (Å²) in [4.78, 5) is 18.1. The van der Waals surface area contributed by atoms with Crippen LogP contribution in [0.4, 0.5) is 0 Å². The van der Waals surface area contributed by atoms with E-state index in [1.165, 1.54) is 0 Å². The third-order valence-corrected chi connectivity index (χ3v) is 3.08. The fourth-order valence-corrected chi connectivity index (χ4v) is 2.03. The van der Waals surface area contributed by atoms with E-state index in [4.69, 9.17) is 10.5 Å². The van der Waals surface area contributed by atoms with Gasteiger partial charge in [0.2, 0.25) is 5.91 Å². The summed E-state index contributed by atoms with van der Waals surface area (Å²) in [5.41, 5.74) is 6.51. The summed E-state index contributed by atoms with van der Waals surface area (Å²) in [6.07, 6.45) is 2.91. The number of carbonyl (C=O) groups excluding carboxylic acids is 1. The van der Waals surface area contributed by atoms with Crippen LogP contribution in [0.2, 0.25) is 0 Å². The Bertz CT molecular complexity index is 392. The molecule has 2 rings (SSSR count). The fourth-order valence-electron chi connectivity index (χ4n) is 2.03. The number of hydrogen-bond donors (Lipinski definition) is 1. The van der Waals surface area contributed by atoms with Gasteiger partial charge in [-0.1, -0.05) is 6.07 Å². The number of nitrogens with two attached hydrogens (primary N) is 1. The number of amides is 1. The predicted octanol–water partition coefficient (Wildman–Crippen LogP) is 1.04. The molecule has 1 fully saturated rings. The van der Waals surface area contributed by atoms with Gasteiger partial charge in [-0.3, -0.25) is 9.78 Å². The van der Waals surface area contributed by atoms with Gasteiger partial charge in [0.25, 0.3) is 0 Å². The molecule has 5 nitrogen and oxygen atoms in total. The zero-order chi connectivity index (χ0) is 12.8. The molecule has 1 aliphatic heterocycles. The standard InChI is InChI=1S/C13H19N3O2.2ClH/c14-9-12-10-16(7-8-18-12)13(17)5-4-11-3-1-2-6-15-11;;/h1-3,6,12H,4-5,7-10,14H2;2*1H. The summed E-state index contributed by atoms with van der Waals surface area (Å²) in [6.45, 7) is 2.32. The molecule has 0 spiro atoms. The van der Waals surface area contributed by atoms with E-state index in [9.17, 15) is 4.79 Å².